The van der Waals surface area contributed by atoms with Gasteiger partial charge in [0, 0.05) is 15.8 Å². The smallest absolute Gasteiger partial charge is 0.0392 e. The van der Waals surface area contributed by atoms with Gasteiger partial charge in [-0.05, 0) is 30.9 Å². The Bertz CT molecular complexity index is 312. The molecule has 0 bridgehead atoms. The van der Waals surface area contributed by atoms with Crippen molar-refractivity contribution in [3.63, 3.8) is 0 Å². The summed E-state index contributed by atoms with van der Waals surface area (Å²) in [5, 5.41) is 0. The van der Waals surface area contributed by atoms with E-state index in [9.17, 15) is 0 Å². The van der Waals surface area contributed by atoms with Crippen LogP contribution in [0.15, 0.2) is 12.1 Å². The second-order valence-corrected chi connectivity index (χ2v) is 6.20. The highest BCUT2D eigenvalue weighted by atomic mass is 32.1. The minimum absolute atomic E-state index is 0.286. The van der Waals surface area contributed by atoms with Gasteiger partial charge in [0.05, 0.1) is 0 Å². The molecule has 0 spiro atoms. The van der Waals surface area contributed by atoms with E-state index < -0.39 is 0 Å². The van der Waals surface area contributed by atoms with E-state index in [-0.39, 0.29) is 6.04 Å². The standard InChI is InChI=1S/C14H23NS/c1-2-12-8-9-14(16-12)13(15)10-11-6-4-3-5-7-11/h8-9,11,13H,2-7,10,15H2,1H3. The van der Waals surface area contributed by atoms with Gasteiger partial charge in [-0.15, -0.1) is 11.3 Å². The number of aryl methyl sites for hydroxylation is 1. The quantitative estimate of drug-likeness (QED) is 0.831. The highest BCUT2D eigenvalue weighted by molar-refractivity contribution is 7.12. The summed E-state index contributed by atoms with van der Waals surface area (Å²) in [5.41, 5.74) is 6.30. The Morgan fingerprint density at radius 2 is 2.06 bits per heavy atom. The van der Waals surface area contributed by atoms with Crippen LogP contribution in [0.25, 0.3) is 0 Å². The number of nitrogens with two attached hydrogens (primary N) is 1. The van der Waals surface area contributed by atoms with Crippen LogP contribution < -0.4 is 5.73 Å². The Kier molecular flexibility index (Phi) is 4.42. The summed E-state index contributed by atoms with van der Waals surface area (Å²) in [6.45, 7) is 2.21. The number of hydrogen-bond acceptors (Lipinski definition) is 2. The predicted octanol–water partition coefficient (Wildman–Crippen LogP) is 4.28. The monoisotopic (exact) mass is 237 g/mol. The van der Waals surface area contributed by atoms with Crippen LogP contribution in [-0.2, 0) is 6.42 Å². The van der Waals surface area contributed by atoms with E-state index in [1.807, 2.05) is 11.3 Å². The van der Waals surface area contributed by atoms with Gasteiger partial charge in [0.1, 0.15) is 0 Å². The van der Waals surface area contributed by atoms with Gasteiger partial charge in [-0.1, -0.05) is 39.0 Å². The molecule has 1 aliphatic carbocycles. The van der Waals surface area contributed by atoms with E-state index in [0.717, 1.165) is 12.3 Å². The molecule has 2 N–H and O–H groups in total. The lowest BCUT2D eigenvalue weighted by Crippen LogP contribution is -2.16. The summed E-state index contributed by atoms with van der Waals surface area (Å²) in [4.78, 5) is 2.86. The van der Waals surface area contributed by atoms with Crippen LogP contribution in [0, 0.1) is 5.92 Å². The van der Waals surface area contributed by atoms with Crippen LogP contribution in [0.4, 0.5) is 0 Å². The van der Waals surface area contributed by atoms with Crippen molar-refractivity contribution >= 4 is 11.3 Å². The molecule has 0 radical (unpaired) electrons. The molecule has 0 amide bonds. The molecule has 1 heterocycles. The van der Waals surface area contributed by atoms with Gasteiger partial charge in [-0.25, -0.2) is 0 Å². The minimum atomic E-state index is 0.286. The summed E-state index contributed by atoms with van der Waals surface area (Å²) >= 11 is 1.90. The first kappa shape index (κ1) is 12.1. The minimum Gasteiger partial charge on any atom is -0.323 e. The molecule has 0 aromatic carbocycles. The van der Waals surface area contributed by atoms with Crippen molar-refractivity contribution in [2.24, 2.45) is 11.7 Å². The number of hydrogen-bond donors (Lipinski definition) is 1. The fourth-order valence-corrected chi connectivity index (χ4v) is 3.65. The fourth-order valence-electron chi connectivity index (χ4n) is 2.68. The Hall–Kier alpha value is -0.340. The zero-order chi connectivity index (χ0) is 11.4. The molecule has 1 fully saturated rings. The van der Waals surface area contributed by atoms with Crippen LogP contribution in [0.2, 0.25) is 0 Å². The third-order valence-electron chi connectivity index (χ3n) is 3.71. The van der Waals surface area contributed by atoms with Crippen molar-refractivity contribution < 1.29 is 0 Å². The van der Waals surface area contributed by atoms with Gasteiger partial charge in [0.15, 0.2) is 0 Å². The second kappa shape index (κ2) is 5.83. The third-order valence-corrected chi connectivity index (χ3v) is 5.07. The van der Waals surface area contributed by atoms with Gasteiger partial charge < -0.3 is 5.73 Å². The fraction of sp³-hybridized carbons (Fsp3) is 0.714. The Morgan fingerprint density at radius 1 is 1.31 bits per heavy atom. The Balaban J connectivity index is 1.88. The SMILES string of the molecule is CCc1ccc(C(N)CC2CCCCC2)s1. The molecule has 1 atom stereocenters. The van der Waals surface area contributed by atoms with Gasteiger partial charge in [-0.3, -0.25) is 0 Å². The van der Waals surface area contributed by atoms with Crippen molar-refractivity contribution in [3.05, 3.63) is 21.9 Å². The number of thiophene rings is 1. The number of rotatable bonds is 4. The van der Waals surface area contributed by atoms with E-state index in [0.29, 0.717) is 0 Å². The van der Waals surface area contributed by atoms with Crippen molar-refractivity contribution in [1.29, 1.82) is 0 Å². The van der Waals surface area contributed by atoms with Crippen LogP contribution in [-0.4, -0.2) is 0 Å². The maximum atomic E-state index is 6.30. The summed E-state index contributed by atoms with van der Waals surface area (Å²) in [7, 11) is 0. The molecule has 1 unspecified atom stereocenters. The van der Waals surface area contributed by atoms with Gasteiger partial charge in [0.25, 0.3) is 0 Å². The second-order valence-electron chi connectivity index (χ2n) is 5.00. The zero-order valence-corrected chi connectivity index (χ0v) is 11.1. The lowest BCUT2D eigenvalue weighted by molar-refractivity contribution is 0.320. The van der Waals surface area contributed by atoms with Crippen molar-refractivity contribution in [2.75, 3.05) is 0 Å². The summed E-state index contributed by atoms with van der Waals surface area (Å²) in [5.74, 6) is 0.885. The van der Waals surface area contributed by atoms with E-state index in [1.54, 1.807) is 0 Å². The van der Waals surface area contributed by atoms with Crippen LogP contribution in [0.5, 0.6) is 0 Å². The van der Waals surface area contributed by atoms with Crippen molar-refractivity contribution in [3.8, 4) is 0 Å². The average Bonchev–Trinajstić information content (AvgIpc) is 2.79. The molecule has 0 aliphatic heterocycles. The van der Waals surface area contributed by atoms with E-state index in [4.69, 9.17) is 5.73 Å². The zero-order valence-electron chi connectivity index (χ0n) is 10.2. The first-order valence-corrected chi connectivity index (χ1v) is 7.45. The molecule has 90 valence electrons. The highest BCUT2D eigenvalue weighted by Crippen LogP contribution is 2.33. The molecule has 16 heavy (non-hydrogen) atoms. The largest absolute Gasteiger partial charge is 0.323 e. The molecule has 1 saturated carbocycles. The average molecular weight is 237 g/mol. The van der Waals surface area contributed by atoms with E-state index in [1.165, 1.54) is 48.3 Å². The molecule has 1 nitrogen and oxygen atoms in total. The van der Waals surface area contributed by atoms with Crippen molar-refractivity contribution in [1.82, 2.24) is 0 Å². The molecule has 2 rings (SSSR count). The maximum absolute atomic E-state index is 6.30. The van der Waals surface area contributed by atoms with E-state index in [2.05, 4.69) is 19.1 Å². The molecule has 1 aliphatic rings. The summed E-state index contributed by atoms with van der Waals surface area (Å²) in [6, 6.07) is 4.76. The van der Waals surface area contributed by atoms with Crippen LogP contribution in [0.1, 0.15) is 61.2 Å². The maximum Gasteiger partial charge on any atom is 0.0392 e. The topological polar surface area (TPSA) is 26.0 Å². The Morgan fingerprint density at radius 3 is 2.69 bits per heavy atom. The molecular formula is C14H23NS. The van der Waals surface area contributed by atoms with Gasteiger partial charge in [0.2, 0.25) is 0 Å². The van der Waals surface area contributed by atoms with E-state index >= 15 is 0 Å². The molecule has 2 heteroatoms. The van der Waals surface area contributed by atoms with Gasteiger partial charge in [-0.2, -0.15) is 0 Å². The molecule has 0 saturated heterocycles. The first-order valence-electron chi connectivity index (χ1n) is 6.63. The lowest BCUT2D eigenvalue weighted by Gasteiger charge is -2.24. The first-order chi connectivity index (χ1) is 7.79. The van der Waals surface area contributed by atoms with Crippen LogP contribution in [0.3, 0.4) is 0 Å². The predicted molar refractivity (Wildman–Crippen MR) is 71.8 cm³/mol. The Labute approximate surface area is 103 Å². The van der Waals surface area contributed by atoms with Gasteiger partial charge >= 0.3 is 0 Å². The third kappa shape index (κ3) is 3.08. The van der Waals surface area contributed by atoms with Crippen LogP contribution >= 0.6 is 11.3 Å². The normalized spacial score (nSPS) is 19.9. The summed E-state index contributed by atoms with van der Waals surface area (Å²) < 4.78 is 0. The summed E-state index contributed by atoms with van der Waals surface area (Å²) in [6.07, 6.45) is 9.42. The lowest BCUT2D eigenvalue weighted by atomic mass is 9.85. The highest BCUT2D eigenvalue weighted by Gasteiger charge is 2.18. The van der Waals surface area contributed by atoms with Crippen molar-refractivity contribution in [2.45, 2.75) is 57.9 Å². The molecule has 1 aromatic heterocycles. The molecule has 1 aromatic rings. The molecular weight excluding hydrogens is 214 g/mol.